The monoisotopic (exact) mass is 400 g/mol. The van der Waals surface area contributed by atoms with Crippen LogP contribution < -0.4 is 15.4 Å². The van der Waals surface area contributed by atoms with Gasteiger partial charge in [0.25, 0.3) is 0 Å². The zero-order chi connectivity index (χ0) is 20.2. The highest BCUT2D eigenvalue weighted by Crippen LogP contribution is 2.30. The number of nitrogens with zero attached hydrogens (tertiary/aromatic N) is 2. The number of ether oxygens (including phenoxy) is 1. The molecule has 0 aromatic heterocycles. The molecule has 2 aliphatic carbocycles. The van der Waals surface area contributed by atoms with Crippen molar-refractivity contribution in [1.82, 2.24) is 15.1 Å². The Labute approximate surface area is 172 Å². The number of para-hydroxylation sites is 2. The molecule has 0 bridgehead atoms. The van der Waals surface area contributed by atoms with Crippen LogP contribution >= 0.6 is 0 Å². The lowest BCUT2D eigenvalue weighted by atomic mass is 10.2. The molecule has 1 unspecified atom stereocenters. The van der Waals surface area contributed by atoms with Crippen molar-refractivity contribution in [2.24, 2.45) is 0 Å². The van der Waals surface area contributed by atoms with Gasteiger partial charge >= 0.3 is 6.03 Å². The first-order valence-corrected chi connectivity index (χ1v) is 11.0. The zero-order valence-electron chi connectivity index (χ0n) is 17.2. The highest BCUT2D eigenvalue weighted by atomic mass is 16.5. The fraction of sp³-hybridized carbons (Fsp3) is 0.636. The number of anilines is 1. The van der Waals surface area contributed by atoms with Crippen molar-refractivity contribution in [2.45, 2.75) is 63.6 Å². The van der Waals surface area contributed by atoms with E-state index in [4.69, 9.17) is 4.74 Å². The third-order valence-electron chi connectivity index (χ3n) is 6.18. The number of nitrogens with one attached hydrogen (secondary N) is 2. The van der Waals surface area contributed by atoms with Crippen LogP contribution in [-0.4, -0.2) is 66.1 Å². The fourth-order valence-electron chi connectivity index (χ4n) is 4.08. The Morgan fingerprint density at radius 3 is 2.41 bits per heavy atom. The lowest BCUT2D eigenvalue weighted by Crippen LogP contribution is -2.55. The van der Waals surface area contributed by atoms with Crippen LogP contribution in [-0.2, 0) is 4.79 Å². The van der Waals surface area contributed by atoms with E-state index in [1.807, 2.05) is 36.1 Å². The summed E-state index contributed by atoms with van der Waals surface area (Å²) in [7, 11) is 0. The number of amides is 3. The molecular weight excluding hydrogens is 368 g/mol. The van der Waals surface area contributed by atoms with E-state index < -0.39 is 0 Å². The highest BCUT2D eigenvalue weighted by Gasteiger charge is 2.31. The van der Waals surface area contributed by atoms with Crippen LogP contribution in [0, 0.1) is 0 Å². The van der Waals surface area contributed by atoms with Gasteiger partial charge in [-0.15, -0.1) is 0 Å². The Morgan fingerprint density at radius 2 is 1.72 bits per heavy atom. The van der Waals surface area contributed by atoms with Gasteiger partial charge < -0.3 is 20.3 Å². The summed E-state index contributed by atoms with van der Waals surface area (Å²) in [4.78, 5) is 29.0. The smallest absolute Gasteiger partial charge is 0.322 e. The molecule has 4 rings (SSSR count). The lowest BCUT2D eigenvalue weighted by Gasteiger charge is -2.37. The van der Waals surface area contributed by atoms with E-state index in [1.54, 1.807) is 0 Å². The van der Waals surface area contributed by atoms with Crippen molar-refractivity contribution in [3.8, 4) is 5.75 Å². The molecule has 0 radical (unpaired) electrons. The molecule has 7 heteroatoms. The van der Waals surface area contributed by atoms with Crippen molar-refractivity contribution >= 4 is 17.6 Å². The van der Waals surface area contributed by atoms with Gasteiger partial charge in [-0.25, -0.2) is 4.79 Å². The van der Waals surface area contributed by atoms with E-state index in [0.717, 1.165) is 37.1 Å². The van der Waals surface area contributed by atoms with Gasteiger partial charge in [0, 0.05) is 32.2 Å². The maximum absolute atomic E-state index is 12.8. The SMILES string of the molecule is CC(C(=O)NC1CC1)N1CCN(C(=O)Nc2ccccc2OC2CCCC2)CC1. The first-order chi connectivity index (χ1) is 14.1. The van der Waals surface area contributed by atoms with Crippen LogP contribution in [0.3, 0.4) is 0 Å². The molecule has 1 atom stereocenters. The van der Waals surface area contributed by atoms with Gasteiger partial charge in [0.2, 0.25) is 5.91 Å². The minimum atomic E-state index is -0.152. The normalized spacial score (nSPS) is 21.6. The number of carbonyl (C=O) groups excluding carboxylic acids is 2. The predicted octanol–water partition coefficient (Wildman–Crippen LogP) is 2.82. The Bertz CT molecular complexity index is 723. The molecule has 3 fully saturated rings. The van der Waals surface area contributed by atoms with E-state index in [-0.39, 0.29) is 24.1 Å². The molecular formula is C22H32N4O3. The summed E-state index contributed by atoms with van der Waals surface area (Å²) in [6.45, 7) is 4.57. The quantitative estimate of drug-likeness (QED) is 0.770. The molecule has 3 aliphatic rings. The molecule has 7 nitrogen and oxygen atoms in total. The summed E-state index contributed by atoms with van der Waals surface area (Å²) >= 11 is 0. The van der Waals surface area contributed by atoms with Gasteiger partial charge in [0.05, 0.1) is 17.8 Å². The summed E-state index contributed by atoms with van der Waals surface area (Å²) in [5, 5.41) is 6.09. The Morgan fingerprint density at radius 1 is 1.03 bits per heavy atom. The Hall–Kier alpha value is -2.28. The van der Waals surface area contributed by atoms with Gasteiger partial charge in [-0.05, 0) is 57.6 Å². The predicted molar refractivity (Wildman–Crippen MR) is 112 cm³/mol. The van der Waals surface area contributed by atoms with E-state index in [9.17, 15) is 9.59 Å². The van der Waals surface area contributed by atoms with Crippen LogP contribution in [0.5, 0.6) is 5.75 Å². The first-order valence-electron chi connectivity index (χ1n) is 11.0. The minimum absolute atomic E-state index is 0.100. The summed E-state index contributed by atoms with van der Waals surface area (Å²) in [5.74, 6) is 0.847. The second-order valence-corrected chi connectivity index (χ2v) is 8.43. The van der Waals surface area contributed by atoms with Gasteiger partial charge in [-0.2, -0.15) is 0 Å². The average Bonchev–Trinajstić information content (AvgIpc) is 3.40. The average molecular weight is 401 g/mol. The number of urea groups is 1. The third-order valence-corrected chi connectivity index (χ3v) is 6.18. The van der Waals surface area contributed by atoms with Crippen LogP contribution in [0.1, 0.15) is 45.4 Å². The molecule has 2 saturated carbocycles. The topological polar surface area (TPSA) is 73.9 Å². The second kappa shape index (κ2) is 9.03. The Balaban J connectivity index is 1.28. The molecule has 0 spiro atoms. The number of carbonyl (C=O) groups is 2. The van der Waals surface area contributed by atoms with E-state index >= 15 is 0 Å². The fourth-order valence-corrected chi connectivity index (χ4v) is 4.08. The van der Waals surface area contributed by atoms with Crippen LogP contribution in [0.4, 0.5) is 10.5 Å². The maximum Gasteiger partial charge on any atom is 0.322 e. The molecule has 1 aromatic carbocycles. The van der Waals surface area contributed by atoms with Crippen molar-refractivity contribution in [1.29, 1.82) is 0 Å². The molecule has 2 N–H and O–H groups in total. The summed E-state index contributed by atoms with van der Waals surface area (Å²) in [5.41, 5.74) is 0.726. The van der Waals surface area contributed by atoms with E-state index in [2.05, 4.69) is 15.5 Å². The maximum atomic E-state index is 12.8. The summed E-state index contributed by atoms with van der Waals surface area (Å²) < 4.78 is 6.12. The first kappa shape index (κ1) is 20.0. The van der Waals surface area contributed by atoms with E-state index in [0.29, 0.717) is 32.2 Å². The summed E-state index contributed by atoms with van der Waals surface area (Å²) in [6, 6.07) is 7.78. The molecule has 1 aromatic rings. The van der Waals surface area contributed by atoms with Gasteiger partial charge in [-0.3, -0.25) is 9.69 Å². The standard InChI is InChI=1S/C22H32N4O3/c1-16(21(27)23-17-10-11-17)25-12-14-26(15-13-25)22(28)24-19-8-4-5-9-20(19)29-18-6-2-3-7-18/h4-5,8-9,16-18H,2-3,6-7,10-15H2,1H3,(H,23,27)(H,24,28). The molecule has 29 heavy (non-hydrogen) atoms. The number of rotatable bonds is 6. The molecule has 1 saturated heterocycles. The zero-order valence-corrected chi connectivity index (χ0v) is 17.2. The largest absolute Gasteiger partial charge is 0.488 e. The van der Waals surface area contributed by atoms with Gasteiger partial charge in [0.1, 0.15) is 5.75 Å². The van der Waals surface area contributed by atoms with Crippen molar-refractivity contribution in [3.05, 3.63) is 24.3 Å². The van der Waals surface area contributed by atoms with Gasteiger partial charge in [-0.1, -0.05) is 12.1 Å². The number of benzene rings is 1. The van der Waals surface area contributed by atoms with Crippen LogP contribution in [0.25, 0.3) is 0 Å². The molecule has 1 heterocycles. The van der Waals surface area contributed by atoms with E-state index in [1.165, 1.54) is 12.8 Å². The number of hydrogen-bond acceptors (Lipinski definition) is 4. The second-order valence-electron chi connectivity index (χ2n) is 8.43. The lowest BCUT2D eigenvalue weighted by molar-refractivity contribution is -0.126. The van der Waals surface area contributed by atoms with Crippen molar-refractivity contribution in [3.63, 3.8) is 0 Å². The molecule has 3 amide bonds. The minimum Gasteiger partial charge on any atom is -0.488 e. The third kappa shape index (κ3) is 5.21. The highest BCUT2D eigenvalue weighted by molar-refractivity contribution is 5.91. The van der Waals surface area contributed by atoms with Gasteiger partial charge in [0.15, 0.2) is 0 Å². The summed E-state index contributed by atoms with van der Waals surface area (Å²) in [6.07, 6.45) is 7.02. The number of hydrogen-bond donors (Lipinski definition) is 2. The number of piperazine rings is 1. The molecule has 158 valence electrons. The van der Waals surface area contributed by atoms with Crippen molar-refractivity contribution < 1.29 is 14.3 Å². The Kier molecular flexibility index (Phi) is 6.23. The van der Waals surface area contributed by atoms with Crippen LogP contribution in [0.15, 0.2) is 24.3 Å². The molecule has 1 aliphatic heterocycles. The van der Waals surface area contributed by atoms with Crippen molar-refractivity contribution in [2.75, 3.05) is 31.5 Å². The van der Waals surface area contributed by atoms with Crippen LogP contribution in [0.2, 0.25) is 0 Å².